The van der Waals surface area contributed by atoms with E-state index >= 15 is 0 Å². The Morgan fingerprint density at radius 1 is 1.10 bits per heavy atom. The van der Waals surface area contributed by atoms with E-state index in [2.05, 4.69) is 26.0 Å². The molecular formula is C28H27ClFN7O3. The van der Waals surface area contributed by atoms with Gasteiger partial charge in [-0.2, -0.15) is 5.10 Å². The third kappa shape index (κ3) is 6.37. The molecule has 4 aromatic rings. The molecule has 2 heterocycles. The number of fused-ring (bicyclic) bond motifs is 1. The molecule has 2 aromatic carbocycles. The Labute approximate surface area is 234 Å². The van der Waals surface area contributed by atoms with Gasteiger partial charge in [0.05, 0.1) is 22.8 Å². The molecule has 206 valence electrons. The van der Waals surface area contributed by atoms with E-state index in [0.717, 1.165) is 23.7 Å². The number of carbonyl (C=O) groups excluding carboxylic acids is 3. The lowest BCUT2D eigenvalue weighted by Gasteiger charge is -2.22. The van der Waals surface area contributed by atoms with Gasteiger partial charge in [0.15, 0.2) is 0 Å². The van der Waals surface area contributed by atoms with Crippen molar-refractivity contribution >= 4 is 51.9 Å². The van der Waals surface area contributed by atoms with Gasteiger partial charge >= 0.3 is 6.03 Å². The van der Waals surface area contributed by atoms with Crippen molar-refractivity contribution in [2.45, 2.75) is 38.9 Å². The zero-order chi connectivity index (χ0) is 28.2. The lowest BCUT2D eigenvalue weighted by Crippen LogP contribution is -2.43. The number of nitrogens with one attached hydrogen (secondary N) is 3. The van der Waals surface area contributed by atoms with E-state index in [1.54, 1.807) is 64.3 Å². The van der Waals surface area contributed by atoms with Crippen molar-refractivity contribution in [3.05, 3.63) is 82.9 Å². The van der Waals surface area contributed by atoms with Crippen LogP contribution in [0.1, 0.15) is 24.1 Å². The van der Waals surface area contributed by atoms with Gasteiger partial charge in [0.25, 0.3) is 0 Å². The molecule has 2 aromatic heterocycles. The van der Waals surface area contributed by atoms with Crippen molar-refractivity contribution in [2.75, 3.05) is 17.2 Å². The zero-order valence-corrected chi connectivity index (χ0v) is 22.4. The third-order valence-electron chi connectivity index (χ3n) is 6.51. The van der Waals surface area contributed by atoms with E-state index in [1.807, 2.05) is 6.92 Å². The predicted molar refractivity (Wildman–Crippen MR) is 149 cm³/mol. The standard InChI is InChI=1S/C28H27ClFN7O3/c1-17-21-13-19(33-28(40)34-24-7-2-3-12-31-24)8-11-23(21)37(35-17)16-26(39)36(20-9-10-20)15-25(38)32-14-18-5-4-6-22(29)27(18)30/h2-8,11-13,20H,9-10,14-16H2,1H3,(H,32,38)(H2,31,33,34,40). The number of aromatic nitrogens is 3. The summed E-state index contributed by atoms with van der Waals surface area (Å²) in [6.45, 7) is 1.60. The highest BCUT2D eigenvalue weighted by Gasteiger charge is 2.34. The van der Waals surface area contributed by atoms with E-state index in [1.165, 1.54) is 6.07 Å². The normalized spacial score (nSPS) is 12.7. The largest absolute Gasteiger partial charge is 0.350 e. The van der Waals surface area contributed by atoms with Crippen molar-refractivity contribution in [2.24, 2.45) is 0 Å². The molecule has 1 aliphatic rings. The van der Waals surface area contributed by atoms with Crippen molar-refractivity contribution in [3.8, 4) is 0 Å². The maximum atomic E-state index is 14.1. The van der Waals surface area contributed by atoms with E-state index < -0.39 is 11.8 Å². The lowest BCUT2D eigenvalue weighted by molar-refractivity contribution is -0.137. The Balaban J connectivity index is 1.22. The van der Waals surface area contributed by atoms with Crippen molar-refractivity contribution in [1.82, 2.24) is 25.0 Å². The van der Waals surface area contributed by atoms with Gasteiger partial charge in [-0.05, 0) is 56.2 Å². The van der Waals surface area contributed by atoms with Gasteiger partial charge in [0, 0.05) is 35.4 Å². The number of aryl methyl sites for hydroxylation is 1. The van der Waals surface area contributed by atoms with Gasteiger partial charge in [-0.1, -0.05) is 29.8 Å². The molecule has 4 amide bonds. The van der Waals surface area contributed by atoms with Crippen molar-refractivity contribution in [1.29, 1.82) is 0 Å². The number of benzene rings is 2. The Morgan fingerprint density at radius 2 is 1.93 bits per heavy atom. The summed E-state index contributed by atoms with van der Waals surface area (Å²) >= 11 is 5.81. The Kier molecular flexibility index (Phi) is 7.92. The summed E-state index contributed by atoms with van der Waals surface area (Å²) in [4.78, 5) is 43.9. The summed E-state index contributed by atoms with van der Waals surface area (Å²) in [5.41, 5.74) is 2.24. The molecule has 0 saturated heterocycles. The van der Waals surface area contributed by atoms with Crippen molar-refractivity contribution < 1.29 is 18.8 Å². The first-order chi connectivity index (χ1) is 19.3. The second-order valence-corrected chi connectivity index (χ2v) is 9.92. The Morgan fingerprint density at radius 3 is 2.67 bits per heavy atom. The molecule has 0 radical (unpaired) electrons. The lowest BCUT2D eigenvalue weighted by atomic mass is 10.2. The number of urea groups is 1. The molecule has 3 N–H and O–H groups in total. The Bertz CT molecular complexity index is 1570. The molecule has 12 heteroatoms. The molecule has 10 nitrogen and oxygen atoms in total. The van der Waals surface area contributed by atoms with E-state index in [4.69, 9.17) is 11.6 Å². The molecule has 1 saturated carbocycles. The summed E-state index contributed by atoms with van der Waals surface area (Å²) in [5.74, 6) is -0.782. The Hall–Kier alpha value is -4.51. The fourth-order valence-corrected chi connectivity index (χ4v) is 4.56. The SMILES string of the molecule is Cc1nn(CC(=O)N(CC(=O)NCc2cccc(Cl)c2F)C2CC2)c2ccc(NC(=O)Nc3ccccn3)cc12. The van der Waals surface area contributed by atoms with Crippen LogP contribution in [0.5, 0.6) is 0 Å². The van der Waals surface area contributed by atoms with Crippen LogP contribution < -0.4 is 16.0 Å². The van der Waals surface area contributed by atoms with Gasteiger partial charge in [-0.25, -0.2) is 14.2 Å². The molecule has 0 aliphatic heterocycles. The van der Waals surface area contributed by atoms with Crippen LogP contribution in [0.25, 0.3) is 10.9 Å². The molecule has 0 bridgehead atoms. The first kappa shape index (κ1) is 27.1. The van der Waals surface area contributed by atoms with Gasteiger partial charge in [-0.3, -0.25) is 19.6 Å². The summed E-state index contributed by atoms with van der Waals surface area (Å²) in [6, 6.07) is 14.7. The average Bonchev–Trinajstić information content (AvgIpc) is 3.73. The number of amides is 4. The van der Waals surface area contributed by atoms with Crippen LogP contribution in [0.15, 0.2) is 60.8 Å². The van der Waals surface area contributed by atoms with Crippen LogP contribution in [0, 0.1) is 12.7 Å². The number of rotatable bonds is 9. The molecular weight excluding hydrogens is 537 g/mol. The highest BCUT2D eigenvalue weighted by Crippen LogP contribution is 2.28. The zero-order valence-electron chi connectivity index (χ0n) is 21.7. The predicted octanol–water partition coefficient (Wildman–Crippen LogP) is 4.48. The monoisotopic (exact) mass is 563 g/mol. The van der Waals surface area contributed by atoms with Crippen LogP contribution in [0.3, 0.4) is 0 Å². The first-order valence-corrected chi connectivity index (χ1v) is 13.1. The second-order valence-electron chi connectivity index (χ2n) is 9.51. The second kappa shape index (κ2) is 11.7. The molecule has 1 fully saturated rings. The summed E-state index contributed by atoms with van der Waals surface area (Å²) in [7, 11) is 0. The van der Waals surface area contributed by atoms with Crippen LogP contribution in [-0.2, 0) is 22.7 Å². The first-order valence-electron chi connectivity index (χ1n) is 12.7. The minimum Gasteiger partial charge on any atom is -0.350 e. The maximum absolute atomic E-state index is 14.1. The van der Waals surface area contributed by atoms with Crippen LogP contribution in [0.4, 0.5) is 20.7 Å². The van der Waals surface area contributed by atoms with Gasteiger partial charge < -0.3 is 15.5 Å². The number of hydrogen-bond acceptors (Lipinski definition) is 5. The number of anilines is 2. The van der Waals surface area contributed by atoms with Gasteiger partial charge in [0.1, 0.15) is 18.2 Å². The number of halogens is 2. The molecule has 40 heavy (non-hydrogen) atoms. The molecule has 1 aliphatic carbocycles. The number of carbonyl (C=O) groups is 3. The fraction of sp³-hybridized carbons (Fsp3) is 0.250. The van der Waals surface area contributed by atoms with Crippen molar-refractivity contribution in [3.63, 3.8) is 0 Å². The maximum Gasteiger partial charge on any atom is 0.324 e. The minimum absolute atomic E-state index is 0.0149. The van der Waals surface area contributed by atoms with Crippen LogP contribution >= 0.6 is 11.6 Å². The van der Waals surface area contributed by atoms with Gasteiger partial charge in [0.2, 0.25) is 11.8 Å². The van der Waals surface area contributed by atoms with Gasteiger partial charge in [-0.15, -0.1) is 0 Å². The molecule has 0 unspecified atom stereocenters. The van der Waals surface area contributed by atoms with Crippen LogP contribution in [0.2, 0.25) is 5.02 Å². The van der Waals surface area contributed by atoms with E-state index in [0.29, 0.717) is 17.2 Å². The quantitative estimate of drug-likeness (QED) is 0.277. The molecule has 0 spiro atoms. The highest BCUT2D eigenvalue weighted by molar-refractivity contribution is 6.30. The topological polar surface area (TPSA) is 121 Å². The molecule has 0 atom stereocenters. The van der Waals surface area contributed by atoms with E-state index in [9.17, 15) is 18.8 Å². The average molecular weight is 564 g/mol. The summed E-state index contributed by atoms with van der Waals surface area (Å²) in [5, 5.41) is 13.4. The smallest absolute Gasteiger partial charge is 0.324 e. The minimum atomic E-state index is -0.576. The van der Waals surface area contributed by atoms with E-state index in [-0.39, 0.29) is 48.1 Å². The number of pyridine rings is 1. The third-order valence-corrected chi connectivity index (χ3v) is 6.81. The molecule has 5 rings (SSSR count). The van der Waals surface area contributed by atoms with Crippen LogP contribution in [-0.4, -0.2) is 50.1 Å². The summed E-state index contributed by atoms with van der Waals surface area (Å²) in [6.07, 6.45) is 3.21. The fourth-order valence-electron chi connectivity index (χ4n) is 4.37. The number of hydrogen-bond donors (Lipinski definition) is 3. The number of nitrogens with zero attached hydrogens (tertiary/aromatic N) is 4. The summed E-state index contributed by atoms with van der Waals surface area (Å²) < 4.78 is 15.7. The highest BCUT2D eigenvalue weighted by atomic mass is 35.5.